The molecule has 1 aliphatic heterocycles. The number of benzene rings is 2. The van der Waals surface area contributed by atoms with Crippen molar-refractivity contribution in [3.05, 3.63) is 75.8 Å². The Morgan fingerprint density at radius 3 is 2.45 bits per heavy atom. The summed E-state index contributed by atoms with van der Waals surface area (Å²) in [5.41, 5.74) is 0.485. The van der Waals surface area contributed by atoms with E-state index in [0.29, 0.717) is 0 Å². The third-order valence-electron chi connectivity index (χ3n) is 4.06. The highest BCUT2D eigenvalue weighted by molar-refractivity contribution is 6.42. The number of hydrogen-bond donors (Lipinski definition) is 1. The van der Waals surface area contributed by atoms with Crippen molar-refractivity contribution in [2.75, 3.05) is 18.1 Å². The van der Waals surface area contributed by atoms with Crippen LogP contribution >= 0.6 is 23.2 Å². The van der Waals surface area contributed by atoms with Gasteiger partial charge in [0.25, 0.3) is 17.7 Å². The topological polar surface area (TPSA) is 92.8 Å². The van der Waals surface area contributed by atoms with E-state index in [0.717, 1.165) is 4.90 Å². The van der Waals surface area contributed by atoms with Crippen molar-refractivity contribution in [3.63, 3.8) is 0 Å². The zero-order valence-electron chi connectivity index (χ0n) is 14.9. The van der Waals surface area contributed by atoms with Crippen molar-refractivity contribution in [3.8, 4) is 0 Å². The number of nitrogens with zero attached hydrogens (tertiary/aromatic N) is 1. The molecule has 29 heavy (non-hydrogen) atoms. The van der Waals surface area contributed by atoms with Gasteiger partial charge in [0.15, 0.2) is 6.61 Å². The van der Waals surface area contributed by atoms with Gasteiger partial charge >= 0.3 is 5.97 Å². The molecular weight excluding hydrogens is 419 g/mol. The molecule has 1 aliphatic rings. The van der Waals surface area contributed by atoms with E-state index in [9.17, 15) is 19.2 Å². The van der Waals surface area contributed by atoms with Crippen LogP contribution in [-0.4, -0.2) is 36.8 Å². The number of rotatable bonds is 6. The van der Waals surface area contributed by atoms with E-state index in [4.69, 9.17) is 27.9 Å². The lowest BCUT2D eigenvalue weighted by atomic mass is 10.1. The average Bonchev–Trinajstić information content (AvgIpc) is 2.96. The monoisotopic (exact) mass is 432 g/mol. The molecule has 2 aromatic carbocycles. The van der Waals surface area contributed by atoms with Crippen LogP contribution in [0.4, 0.5) is 5.69 Å². The summed E-state index contributed by atoms with van der Waals surface area (Å²) in [6.07, 6.45) is 1.49. The SMILES string of the molecule is C=CCNC(=O)COC(=O)c1ccc2c(c1)C(=O)N(c1ccc(Cl)c(Cl)c1)C2=O. The van der Waals surface area contributed by atoms with Crippen LogP contribution in [0.15, 0.2) is 49.1 Å². The molecule has 0 spiro atoms. The first-order valence-electron chi connectivity index (χ1n) is 8.36. The van der Waals surface area contributed by atoms with Crippen LogP contribution in [0.1, 0.15) is 31.1 Å². The minimum atomic E-state index is -0.796. The summed E-state index contributed by atoms with van der Waals surface area (Å²) in [5, 5.41) is 2.95. The molecule has 0 atom stereocenters. The average molecular weight is 433 g/mol. The summed E-state index contributed by atoms with van der Waals surface area (Å²) < 4.78 is 4.92. The molecule has 3 amide bonds. The molecule has 9 heteroatoms. The maximum Gasteiger partial charge on any atom is 0.338 e. The third-order valence-corrected chi connectivity index (χ3v) is 4.80. The first-order valence-corrected chi connectivity index (χ1v) is 9.11. The quantitative estimate of drug-likeness (QED) is 0.429. The molecule has 7 nitrogen and oxygen atoms in total. The van der Waals surface area contributed by atoms with Gasteiger partial charge in [0, 0.05) is 6.54 Å². The number of nitrogens with one attached hydrogen (secondary N) is 1. The molecule has 0 fully saturated rings. The molecule has 148 valence electrons. The van der Waals surface area contributed by atoms with Crippen molar-refractivity contribution in [2.24, 2.45) is 0 Å². The summed E-state index contributed by atoms with van der Waals surface area (Å²) in [6, 6.07) is 8.35. The van der Waals surface area contributed by atoms with Crippen molar-refractivity contribution < 1.29 is 23.9 Å². The number of carbonyl (C=O) groups is 4. The zero-order valence-corrected chi connectivity index (χ0v) is 16.4. The van der Waals surface area contributed by atoms with Crippen LogP contribution in [0.2, 0.25) is 10.0 Å². The fraction of sp³-hybridized carbons (Fsp3) is 0.100. The Balaban J connectivity index is 1.80. The number of esters is 1. The Bertz CT molecular complexity index is 1050. The molecule has 0 saturated heterocycles. The van der Waals surface area contributed by atoms with Crippen LogP contribution < -0.4 is 10.2 Å². The smallest absolute Gasteiger partial charge is 0.338 e. The van der Waals surface area contributed by atoms with Crippen LogP contribution in [0.5, 0.6) is 0 Å². The van der Waals surface area contributed by atoms with Crippen LogP contribution in [0.25, 0.3) is 0 Å². The number of anilines is 1. The highest BCUT2D eigenvalue weighted by atomic mass is 35.5. The lowest BCUT2D eigenvalue weighted by Gasteiger charge is -2.14. The summed E-state index contributed by atoms with van der Waals surface area (Å²) in [5.74, 6) is -2.44. The van der Waals surface area contributed by atoms with Gasteiger partial charge < -0.3 is 10.1 Å². The molecular formula is C20H14Cl2N2O5. The predicted octanol–water partition coefficient (Wildman–Crippen LogP) is 3.25. The van der Waals surface area contributed by atoms with Gasteiger partial charge in [-0.3, -0.25) is 14.4 Å². The standard InChI is InChI=1S/C20H14Cl2N2O5/c1-2-7-23-17(25)10-29-20(28)11-3-5-13-14(8-11)19(27)24(18(13)26)12-4-6-15(21)16(22)9-12/h2-6,8-9H,1,7,10H2,(H,23,25). The van der Waals surface area contributed by atoms with E-state index >= 15 is 0 Å². The Morgan fingerprint density at radius 1 is 1.03 bits per heavy atom. The van der Waals surface area contributed by atoms with Gasteiger partial charge in [0.05, 0.1) is 32.4 Å². The lowest BCUT2D eigenvalue weighted by molar-refractivity contribution is -0.124. The second-order valence-electron chi connectivity index (χ2n) is 5.97. The van der Waals surface area contributed by atoms with Crippen LogP contribution in [0, 0.1) is 0 Å². The largest absolute Gasteiger partial charge is 0.452 e. The predicted molar refractivity (Wildman–Crippen MR) is 108 cm³/mol. The number of imide groups is 1. The molecule has 0 aliphatic carbocycles. The molecule has 0 aromatic heterocycles. The summed E-state index contributed by atoms with van der Waals surface area (Å²) >= 11 is 11.9. The van der Waals surface area contributed by atoms with E-state index < -0.39 is 30.3 Å². The molecule has 2 aromatic rings. The van der Waals surface area contributed by atoms with Crippen LogP contribution in [0.3, 0.4) is 0 Å². The Hall–Kier alpha value is -3.16. The van der Waals surface area contributed by atoms with E-state index in [1.165, 1.54) is 42.5 Å². The molecule has 0 unspecified atom stereocenters. The van der Waals surface area contributed by atoms with E-state index in [2.05, 4.69) is 11.9 Å². The number of hydrogen-bond acceptors (Lipinski definition) is 5. The van der Waals surface area contributed by atoms with Gasteiger partial charge in [-0.2, -0.15) is 0 Å². The second kappa shape index (κ2) is 8.46. The number of amides is 3. The van der Waals surface area contributed by atoms with Crippen molar-refractivity contribution in [1.82, 2.24) is 5.32 Å². The van der Waals surface area contributed by atoms with Crippen LogP contribution in [-0.2, 0) is 9.53 Å². The number of halogens is 2. The Morgan fingerprint density at radius 2 is 1.76 bits per heavy atom. The minimum absolute atomic E-state index is 0.0393. The molecule has 0 bridgehead atoms. The maximum absolute atomic E-state index is 12.8. The summed E-state index contributed by atoms with van der Waals surface area (Å²) in [4.78, 5) is 50.1. The van der Waals surface area contributed by atoms with Gasteiger partial charge in [-0.15, -0.1) is 6.58 Å². The number of ether oxygens (including phenoxy) is 1. The van der Waals surface area contributed by atoms with Gasteiger partial charge in [-0.1, -0.05) is 29.3 Å². The Labute approximate surface area is 175 Å². The fourth-order valence-corrected chi connectivity index (χ4v) is 2.97. The first kappa shape index (κ1) is 20.6. The van der Waals surface area contributed by atoms with Gasteiger partial charge in [-0.05, 0) is 36.4 Å². The fourth-order valence-electron chi connectivity index (χ4n) is 2.68. The highest BCUT2D eigenvalue weighted by Gasteiger charge is 2.37. The minimum Gasteiger partial charge on any atom is -0.452 e. The van der Waals surface area contributed by atoms with Crippen molar-refractivity contribution in [2.45, 2.75) is 0 Å². The van der Waals surface area contributed by atoms with Gasteiger partial charge in [0.2, 0.25) is 0 Å². The highest BCUT2D eigenvalue weighted by Crippen LogP contribution is 2.33. The van der Waals surface area contributed by atoms with Crippen molar-refractivity contribution in [1.29, 1.82) is 0 Å². The summed E-state index contributed by atoms with van der Waals surface area (Å²) in [7, 11) is 0. The molecule has 0 saturated carbocycles. The molecule has 1 heterocycles. The molecule has 0 radical (unpaired) electrons. The normalized spacial score (nSPS) is 12.6. The van der Waals surface area contributed by atoms with E-state index in [1.807, 2.05) is 0 Å². The molecule has 3 rings (SSSR count). The van der Waals surface area contributed by atoms with Gasteiger partial charge in [0.1, 0.15) is 0 Å². The third kappa shape index (κ3) is 4.16. The lowest BCUT2D eigenvalue weighted by Crippen LogP contribution is -2.29. The van der Waals surface area contributed by atoms with Crippen molar-refractivity contribution >= 4 is 52.6 Å². The summed E-state index contributed by atoms with van der Waals surface area (Å²) in [6.45, 7) is 3.23. The second-order valence-corrected chi connectivity index (χ2v) is 6.79. The molecule has 1 N–H and O–H groups in total. The number of carbonyl (C=O) groups excluding carboxylic acids is 4. The first-order chi connectivity index (χ1) is 13.8. The van der Waals surface area contributed by atoms with E-state index in [1.54, 1.807) is 0 Å². The van der Waals surface area contributed by atoms with Gasteiger partial charge in [-0.25, -0.2) is 9.69 Å². The Kier molecular flexibility index (Phi) is 6.00. The number of fused-ring (bicyclic) bond motifs is 1. The maximum atomic E-state index is 12.8. The zero-order chi connectivity index (χ0) is 21.1. The van der Waals surface area contributed by atoms with E-state index in [-0.39, 0.29) is 39.0 Å².